The van der Waals surface area contributed by atoms with Gasteiger partial charge in [-0.25, -0.2) is 0 Å². The molecule has 15 heavy (non-hydrogen) atoms. The summed E-state index contributed by atoms with van der Waals surface area (Å²) in [6.45, 7) is -1.27. The molecule has 0 radical (unpaired) electrons. The molecule has 88 valence electrons. The minimum absolute atomic E-state index is 0.379. The van der Waals surface area contributed by atoms with E-state index in [4.69, 9.17) is 5.11 Å². The summed E-state index contributed by atoms with van der Waals surface area (Å²) >= 11 is 0. The van der Waals surface area contributed by atoms with Crippen molar-refractivity contribution in [1.82, 2.24) is 5.32 Å². The fraction of sp³-hybridized carbons (Fsp3) is 0.889. The molecule has 1 aliphatic carbocycles. The molecule has 3 nitrogen and oxygen atoms in total. The largest absolute Gasteiger partial charge is 0.405 e. The van der Waals surface area contributed by atoms with E-state index in [9.17, 15) is 18.0 Å². The van der Waals surface area contributed by atoms with Crippen molar-refractivity contribution in [3.63, 3.8) is 0 Å². The second kappa shape index (κ2) is 4.83. The summed E-state index contributed by atoms with van der Waals surface area (Å²) in [6, 6.07) is 0. The predicted molar refractivity (Wildman–Crippen MR) is 47.0 cm³/mol. The van der Waals surface area contributed by atoms with E-state index in [0.29, 0.717) is 25.7 Å². The highest BCUT2D eigenvalue weighted by molar-refractivity contribution is 5.78. The minimum Gasteiger partial charge on any atom is -0.393 e. The Bertz CT molecular complexity index is 222. The third-order valence-electron chi connectivity index (χ3n) is 2.53. The summed E-state index contributed by atoms with van der Waals surface area (Å²) < 4.78 is 35.4. The molecule has 1 fully saturated rings. The summed E-state index contributed by atoms with van der Waals surface area (Å²) in [5.74, 6) is -0.935. The van der Waals surface area contributed by atoms with Gasteiger partial charge in [-0.05, 0) is 25.7 Å². The van der Waals surface area contributed by atoms with Crippen molar-refractivity contribution in [2.45, 2.75) is 38.0 Å². The average molecular weight is 225 g/mol. The number of carbonyl (C=O) groups is 1. The molecule has 0 atom stereocenters. The molecule has 0 aromatic carbocycles. The maximum absolute atomic E-state index is 11.8. The van der Waals surface area contributed by atoms with Crippen LogP contribution in [0.2, 0.25) is 0 Å². The Morgan fingerprint density at radius 1 is 1.27 bits per heavy atom. The first-order valence-electron chi connectivity index (χ1n) is 4.91. The van der Waals surface area contributed by atoms with E-state index < -0.39 is 24.7 Å². The first kappa shape index (κ1) is 12.3. The lowest BCUT2D eigenvalue weighted by Gasteiger charge is -2.24. The normalized spacial score (nSPS) is 27.5. The van der Waals surface area contributed by atoms with E-state index in [1.54, 1.807) is 0 Å². The van der Waals surface area contributed by atoms with Gasteiger partial charge in [0.15, 0.2) is 0 Å². The molecule has 0 unspecified atom stereocenters. The van der Waals surface area contributed by atoms with E-state index >= 15 is 0 Å². The topological polar surface area (TPSA) is 49.3 Å². The van der Waals surface area contributed by atoms with Crippen LogP contribution in [-0.4, -0.2) is 29.8 Å². The molecule has 1 rings (SSSR count). The van der Waals surface area contributed by atoms with Gasteiger partial charge in [-0.15, -0.1) is 0 Å². The van der Waals surface area contributed by atoms with Crippen molar-refractivity contribution in [1.29, 1.82) is 0 Å². The van der Waals surface area contributed by atoms with Crippen molar-refractivity contribution < 1.29 is 23.1 Å². The smallest absolute Gasteiger partial charge is 0.393 e. The third kappa shape index (κ3) is 4.51. The lowest BCUT2D eigenvalue weighted by atomic mass is 9.87. The highest BCUT2D eigenvalue weighted by Gasteiger charge is 2.30. The van der Waals surface area contributed by atoms with Gasteiger partial charge in [0.2, 0.25) is 5.91 Å². The number of halogens is 3. The molecule has 2 N–H and O–H groups in total. The number of nitrogens with one attached hydrogen (secondary N) is 1. The zero-order valence-corrected chi connectivity index (χ0v) is 8.18. The van der Waals surface area contributed by atoms with E-state index in [-0.39, 0.29) is 5.92 Å². The number of carbonyl (C=O) groups excluding carboxylic acids is 1. The minimum atomic E-state index is -4.36. The Morgan fingerprint density at radius 2 is 1.80 bits per heavy atom. The molecular weight excluding hydrogens is 211 g/mol. The number of hydrogen-bond donors (Lipinski definition) is 2. The van der Waals surface area contributed by atoms with Crippen molar-refractivity contribution in [3.8, 4) is 0 Å². The second-order valence-corrected chi connectivity index (χ2v) is 3.84. The van der Waals surface area contributed by atoms with Gasteiger partial charge in [0.1, 0.15) is 6.54 Å². The van der Waals surface area contributed by atoms with E-state index in [0.717, 1.165) is 0 Å². The molecule has 0 saturated heterocycles. The second-order valence-electron chi connectivity index (χ2n) is 3.84. The molecule has 0 heterocycles. The molecular formula is C9H14F3NO2. The van der Waals surface area contributed by atoms with Crippen LogP contribution in [0.1, 0.15) is 25.7 Å². The number of aliphatic hydroxyl groups excluding tert-OH is 1. The van der Waals surface area contributed by atoms with Crippen LogP contribution < -0.4 is 5.32 Å². The van der Waals surface area contributed by atoms with Gasteiger partial charge < -0.3 is 10.4 Å². The van der Waals surface area contributed by atoms with Crippen LogP contribution in [0.25, 0.3) is 0 Å². The maximum Gasteiger partial charge on any atom is 0.405 e. The monoisotopic (exact) mass is 225 g/mol. The van der Waals surface area contributed by atoms with Crippen molar-refractivity contribution in [2.75, 3.05) is 6.54 Å². The molecule has 6 heteroatoms. The molecule has 0 bridgehead atoms. The van der Waals surface area contributed by atoms with Crippen LogP contribution in [0, 0.1) is 5.92 Å². The zero-order chi connectivity index (χ0) is 11.5. The van der Waals surface area contributed by atoms with Gasteiger partial charge in [0, 0.05) is 5.92 Å². The van der Waals surface area contributed by atoms with Crippen molar-refractivity contribution in [3.05, 3.63) is 0 Å². The molecule has 1 saturated carbocycles. The summed E-state index contributed by atoms with van der Waals surface area (Å²) in [7, 11) is 0. The van der Waals surface area contributed by atoms with Gasteiger partial charge in [-0.2, -0.15) is 13.2 Å². The number of aliphatic hydroxyl groups is 1. The quantitative estimate of drug-likeness (QED) is 0.742. The lowest BCUT2D eigenvalue weighted by molar-refractivity contribution is -0.141. The highest BCUT2D eigenvalue weighted by atomic mass is 19.4. The summed E-state index contributed by atoms with van der Waals surface area (Å²) in [4.78, 5) is 11.3. The molecule has 1 aliphatic rings. The summed E-state index contributed by atoms with van der Waals surface area (Å²) in [5.41, 5.74) is 0. The Morgan fingerprint density at radius 3 is 2.27 bits per heavy atom. The van der Waals surface area contributed by atoms with Gasteiger partial charge >= 0.3 is 6.18 Å². The summed E-state index contributed by atoms with van der Waals surface area (Å²) in [6.07, 6.45) is -2.86. The standard InChI is InChI=1S/C9H14F3NO2/c10-9(11,12)5-13-8(15)6-1-3-7(14)4-2-6/h6-7,14H,1-5H2,(H,13,15). The predicted octanol–water partition coefficient (Wildman–Crippen LogP) is 1.22. The zero-order valence-electron chi connectivity index (χ0n) is 8.18. The van der Waals surface area contributed by atoms with Gasteiger partial charge in [-0.3, -0.25) is 4.79 Å². The molecule has 0 spiro atoms. The molecule has 0 aliphatic heterocycles. The van der Waals surface area contributed by atoms with Gasteiger partial charge in [0.25, 0.3) is 0 Å². The Hall–Kier alpha value is -0.780. The Labute approximate surface area is 85.7 Å². The fourth-order valence-electron chi connectivity index (χ4n) is 1.67. The third-order valence-corrected chi connectivity index (χ3v) is 2.53. The van der Waals surface area contributed by atoms with Crippen molar-refractivity contribution >= 4 is 5.91 Å². The average Bonchev–Trinajstić information content (AvgIpc) is 2.14. The first-order chi connectivity index (χ1) is 6.88. The van der Waals surface area contributed by atoms with E-state index in [1.807, 2.05) is 5.32 Å². The Kier molecular flexibility index (Phi) is 3.96. The highest BCUT2D eigenvalue weighted by Crippen LogP contribution is 2.24. The molecule has 0 aromatic heterocycles. The van der Waals surface area contributed by atoms with E-state index in [1.165, 1.54) is 0 Å². The summed E-state index contributed by atoms with van der Waals surface area (Å²) in [5, 5.41) is 11.0. The van der Waals surface area contributed by atoms with Crippen LogP contribution >= 0.6 is 0 Å². The fourth-order valence-corrected chi connectivity index (χ4v) is 1.67. The molecule has 0 aromatic rings. The first-order valence-corrected chi connectivity index (χ1v) is 4.91. The molecule has 1 amide bonds. The number of amides is 1. The lowest BCUT2D eigenvalue weighted by Crippen LogP contribution is -2.39. The van der Waals surface area contributed by atoms with E-state index in [2.05, 4.69) is 0 Å². The maximum atomic E-state index is 11.8. The van der Waals surface area contributed by atoms with Crippen LogP contribution in [0.5, 0.6) is 0 Å². The Balaban J connectivity index is 2.29. The van der Waals surface area contributed by atoms with Crippen LogP contribution in [0.3, 0.4) is 0 Å². The number of hydrogen-bond acceptors (Lipinski definition) is 2. The van der Waals surface area contributed by atoms with Gasteiger partial charge in [0.05, 0.1) is 6.10 Å². The SMILES string of the molecule is O=C(NCC(F)(F)F)C1CCC(O)CC1. The number of rotatable bonds is 2. The van der Waals surface area contributed by atoms with Gasteiger partial charge in [-0.1, -0.05) is 0 Å². The number of alkyl halides is 3. The van der Waals surface area contributed by atoms with Crippen LogP contribution in [0.15, 0.2) is 0 Å². The van der Waals surface area contributed by atoms with Crippen LogP contribution in [0.4, 0.5) is 13.2 Å². The van der Waals surface area contributed by atoms with Crippen molar-refractivity contribution in [2.24, 2.45) is 5.92 Å². The van der Waals surface area contributed by atoms with Crippen LogP contribution in [-0.2, 0) is 4.79 Å².